The van der Waals surface area contributed by atoms with Crippen molar-refractivity contribution >= 4 is 11.4 Å². The molecular weight excluding hydrogens is 220 g/mol. The lowest BCUT2D eigenvalue weighted by Crippen LogP contribution is -2.18. The fraction of sp³-hybridized carbons (Fsp3) is 0.250. The predicted molar refractivity (Wildman–Crippen MR) is 78.8 cm³/mol. The number of nitrogens with two attached hydrogens (primary N) is 1. The van der Waals surface area contributed by atoms with Crippen LogP contribution in [0.25, 0.3) is 0 Å². The number of nitrogens with one attached hydrogen (secondary N) is 1. The van der Waals surface area contributed by atoms with Gasteiger partial charge < -0.3 is 11.1 Å². The lowest BCUT2D eigenvalue weighted by atomic mass is 10.1. The Bertz CT molecular complexity index is 506. The van der Waals surface area contributed by atoms with Crippen LogP contribution in [0.1, 0.15) is 18.1 Å². The highest BCUT2D eigenvalue weighted by atomic mass is 14.9. The van der Waals surface area contributed by atoms with Crippen molar-refractivity contribution in [1.29, 1.82) is 0 Å². The SMILES string of the molecule is Cc1ccc(N)cc1NC(C)Cc1ccccc1. The molecule has 18 heavy (non-hydrogen) atoms. The van der Waals surface area contributed by atoms with E-state index in [0.29, 0.717) is 6.04 Å². The minimum Gasteiger partial charge on any atom is -0.399 e. The molecule has 94 valence electrons. The largest absolute Gasteiger partial charge is 0.399 e. The summed E-state index contributed by atoms with van der Waals surface area (Å²) in [5, 5.41) is 3.52. The van der Waals surface area contributed by atoms with Gasteiger partial charge in [-0.15, -0.1) is 0 Å². The van der Waals surface area contributed by atoms with Gasteiger partial charge in [-0.3, -0.25) is 0 Å². The molecule has 0 spiro atoms. The molecule has 0 saturated carbocycles. The van der Waals surface area contributed by atoms with E-state index in [1.165, 1.54) is 11.1 Å². The maximum Gasteiger partial charge on any atom is 0.0392 e. The Balaban J connectivity index is 2.03. The monoisotopic (exact) mass is 240 g/mol. The molecule has 1 atom stereocenters. The highest BCUT2D eigenvalue weighted by Crippen LogP contribution is 2.19. The molecule has 0 amide bonds. The van der Waals surface area contributed by atoms with E-state index in [1.54, 1.807) is 0 Å². The minimum absolute atomic E-state index is 0.382. The summed E-state index contributed by atoms with van der Waals surface area (Å²) in [7, 11) is 0. The Kier molecular flexibility index (Phi) is 3.88. The molecule has 0 fully saturated rings. The molecule has 2 aromatic rings. The van der Waals surface area contributed by atoms with Crippen molar-refractivity contribution in [2.45, 2.75) is 26.3 Å². The topological polar surface area (TPSA) is 38.0 Å². The zero-order valence-electron chi connectivity index (χ0n) is 11.0. The normalized spacial score (nSPS) is 12.1. The van der Waals surface area contributed by atoms with Crippen LogP contribution in [0.2, 0.25) is 0 Å². The Morgan fingerprint density at radius 1 is 1.11 bits per heavy atom. The van der Waals surface area contributed by atoms with Gasteiger partial charge in [0, 0.05) is 17.4 Å². The molecule has 0 aromatic heterocycles. The third kappa shape index (κ3) is 3.27. The van der Waals surface area contributed by atoms with E-state index in [9.17, 15) is 0 Å². The van der Waals surface area contributed by atoms with Crippen LogP contribution in [-0.2, 0) is 6.42 Å². The van der Waals surface area contributed by atoms with Crippen molar-refractivity contribution in [2.24, 2.45) is 0 Å². The quantitative estimate of drug-likeness (QED) is 0.801. The number of rotatable bonds is 4. The minimum atomic E-state index is 0.382. The molecule has 0 radical (unpaired) electrons. The number of hydrogen-bond acceptors (Lipinski definition) is 2. The van der Waals surface area contributed by atoms with Crippen LogP contribution in [0.3, 0.4) is 0 Å². The fourth-order valence-electron chi connectivity index (χ4n) is 2.08. The second-order valence-corrected chi connectivity index (χ2v) is 4.81. The highest BCUT2D eigenvalue weighted by molar-refractivity contribution is 5.59. The summed E-state index contributed by atoms with van der Waals surface area (Å²) >= 11 is 0. The first-order valence-electron chi connectivity index (χ1n) is 6.32. The van der Waals surface area contributed by atoms with Gasteiger partial charge in [-0.2, -0.15) is 0 Å². The maximum atomic E-state index is 5.82. The standard InChI is InChI=1S/C16H20N2/c1-12-8-9-15(17)11-16(12)18-13(2)10-14-6-4-3-5-7-14/h3-9,11,13,18H,10,17H2,1-2H3. The highest BCUT2D eigenvalue weighted by Gasteiger charge is 2.05. The average molecular weight is 240 g/mol. The summed E-state index contributed by atoms with van der Waals surface area (Å²) in [5.41, 5.74) is 10.3. The summed E-state index contributed by atoms with van der Waals surface area (Å²) in [5.74, 6) is 0. The fourth-order valence-corrected chi connectivity index (χ4v) is 2.08. The molecule has 1 unspecified atom stereocenters. The second-order valence-electron chi connectivity index (χ2n) is 4.81. The van der Waals surface area contributed by atoms with Gasteiger partial charge in [0.25, 0.3) is 0 Å². The molecular formula is C16H20N2. The summed E-state index contributed by atoms with van der Waals surface area (Å²) in [6, 6.07) is 16.9. The number of benzene rings is 2. The first kappa shape index (κ1) is 12.5. The maximum absolute atomic E-state index is 5.82. The van der Waals surface area contributed by atoms with Crippen molar-refractivity contribution in [2.75, 3.05) is 11.1 Å². The van der Waals surface area contributed by atoms with Gasteiger partial charge in [0.2, 0.25) is 0 Å². The molecule has 0 bridgehead atoms. The molecule has 2 nitrogen and oxygen atoms in total. The first-order valence-corrected chi connectivity index (χ1v) is 6.32. The van der Waals surface area contributed by atoms with E-state index in [1.807, 2.05) is 24.3 Å². The van der Waals surface area contributed by atoms with E-state index in [0.717, 1.165) is 17.8 Å². The van der Waals surface area contributed by atoms with Gasteiger partial charge in [-0.25, -0.2) is 0 Å². The number of hydrogen-bond donors (Lipinski definition) is 2. The molecule has 0 saturated heterocycles. The molecule has 0 heterocycles. The number of anilines is 2. The van der Waals surface area contributed by atoms with Crippen LogP contribution in [0, 0.1) is 6.92 Å². The number of aryl methyl sites for hydroxylation is 1. The zero-order valence-corrected chi connectivity index (χ0v) is 11.0. The van der Waals surface area contributed by atoms with Gasteiger partial charge >= 0.3 is 0 Å². The summed E-state index contributed by atoms with van der Waals surface area (Å²) in [4.78, 5) is 0. The molecule has 3 N–H and O–H groups in total. The Morgan fingerprint density at radius 3 is 2.56 bits per heavy atom. The van der Waals surface area contributed by atoms with Crippen LogP contribution in [0.15, 0.2) is 48.5 Å². The number of nitrogen functional groups attached to an aromatic ring is 1. The molecule has 0 aliphatic rings. The Hall–Kier alpha value is -1.96. The molecule has 2 aromatic carbocycles. The predicted octanol–water partition coefficient (Wildman–Crippen LogP) is 3.62. The van der Waals surface area contributed by atoms with Crippen LogP contribution in [0.5, 0.6) is 0 Å². The van der Waals surface area contributed by atoms with Crippen molar-refractivity contribution < 1.29 is 0 Å². The van der Waals surface area contributed by atoms with Gasteiger partial charge in [-0.1, -0.05) is 36.4 Å². The van der Waals surface area contributed by atoms with Gasteiger partial charge in [0.1, 0.15) is 0 Å². The third-order valence-electron chi connectivity index (χ3n) is 3.05. The summed E-state index contributed by atoms with van der Waals surface area (Å²) in [6.45, 7) is 4.28. The van der Waals surface area contributed by atoms with Gasteiger partial charge in [0.05, 0.1) is 0 Å². The van der Waals surface area contributed by atoms with Crippen LogP contribution in [0.4, 0.5) is 11.4 Å². The Morgan fingerprint density at radius 2 is 1.83 bits per heavy atom. The smallest absolute Gasteiger partial charge is 0.0392 e. The van der Waals surface area contributed by atoms with E-state index >= 15 is 0 Å². The third-order valence-corrected chi connectivity index (χ3v) is 3.05. The van der Waals surface area contributed by atoms with Crippen molar-refractivity contribution in [3.8, 4) is 0 Å². The lowest BCUT2D eigenvalue weighted by Gasteiger charge is -2.17. The van der Waals surface area contributed by atoms with E-state index in [4.69, 9.17) is 5.73 Å². The van der Waals surface area contributed by atoms with E-state index in [2.05, 4.69) is 43.4 Å². The Labute approximate surface area is 109 Å². The van der Waals surface area contributed by atoms with Gasteiger partial charge in [-0.05, 0) is 43.5 Å². The summed E-state index contributed by atoms with van der Waals surface area (Å²) in [6.07, 6.45) is 1.01. The molecule has 2 rings (SSSR count). The molecule has 2 heteroatoms. The van der Waals surface area contributed by atoms with E-state index < -0.39 is 0 Å². The van der Waals surface area contributed by atoms with Crippen molar-refractivity contribution in [1.82, 2.24) is 0 Å². The van der Waals surface area contributed by atoms with Crippen LogP contribution < -0.4 is 11.1 Å². The zero-order chi connectivity index (χ0) is 13.0. The van der Waals surface area contributed by atoms with Crippen LogP contribution in [-0.4, -0.2) is 6.04 Å². The first-order chi connectivity index (χ1) is 8.65. The lowest BCUT2D eigenvalue weighted by molar-refractivity contribution is 0.789. The van der Waals surface area contributed by atoms with Crippen LogP contribution >= 0.6 is 0 Å². The van der Waals surface area contributed by atoms with E-state index in [-0.39, 0.29) is 0 Å². The second kappa shape index (κ2) is 5.58. The summed E-state index contributed by atoms with van der Waals surface area (Å²) < 4.78 is 0. The molecule has 0 aliphatic heterocycles. The van der Waals surface area contributed by atoms with Crippen molar-refractivity contribution in [3.63, 3.8) is 0 Å². The molecule has 0 aliphatic carbocycles. The van der Waals surface area contributed by atoms with Gasteiger partial charge in [0.15, 0.2) is 0 Å². The average Bonchev–Trinajstić information content (AvgIpc) is 2.35. The van der Waals surface area contributed by atoms with Crippen molar-refractivity contribution in [3.05, 3.63) is 59.7 Å².